The summed E-state index contributed by atoms with van der Waals surface area (Å²) >= 11 is 6.10. The highest BCUT2D eigenvalue weighted by Crippen LogP contribution is 2.23. The van der Waals surface area contributed by atoms with Gasteiger partial charge in [0.1, 0.15) is 5.75 Å². The molecule has 2 aromatic rings. The predicted molar refractivity (Wildman–Crippen MR) is 85.7 cm³/mol. The van der Waals surface area contributed by atoms with Crippen molar-refractivity contribution in [1.29, 1.82) is 0 Å². The first-order valence-electron chi connectivity index (χ1n) is 6.72. The molecule has 0 radical (unpaired) electrons. The maximum Gasteiger partial charge on any atom is 0.128 e. The molecule has 0 bridgehead atoms. The van der Waals surface area contributed by atoms with Gasteiger partial charge in [0.05, 0.1) is 12.3 Å². The number of aryl methyl sites for hydroxylation is 1. The molecular formula is C17H18ClNO. The minimum absolute atomic E-state index is 0.710. The molecule has 0 amide bonds. The van der Waals surface area contributed by atoms with Gasteiger partial charge in [-0.15, -0.1) is 0 Å². The zero-order valence-electron chi connectivity index (χ0n) is 11.8. The average Bonchev–Trinajstić information content (AvgIpc) is 2.47. The topological polar surface area (TPSA) is 21.6 Å². The van der Waals surface area contributed by atoms with Crippen molar-refractivity contribution in [3.05, 3.63) is 58.6 Å². The molecule has 0 saturated heterocycles. The van der Waals surface area contributed by atoms with E-state index in [1.54, 1.807) is 0 Å². The Kier molecular flexibility index (Phi) is 5.19. The first kappa shape index (κ1) is 14.6. The van der Waals surface area contributed by atoms with E-state index in [0.717, 1.165) is 34.0 Å². The Hall–Kier alpha value is -1.80. The third kappa shape index (κ3) is 3.84. The van der Waals surface area contributed by atoms with Crippen LogP contribution in [0.1, 0.15) is 24.5 Å². The molecule has 2 nitrogen and oxygen atoms in total. The largest absolute Gasteiger partial charge is 0.493 e. The van der Waals surface area contributed by atoms with Crippen LogP contribution < -0.4 is 4.74 Å². The van der Waals surface area contributed by atoms with Gasteiger partial charge < -0.3 is 4.74 Å². The molecule has 0 aliphatic heterocycles. The summed E-state index contributed by atoms with van der Waals surface area (Å²) < 4.78 is 5.70. The molecule has 0 saturated carbocycles. The van der Waals surface area contributed by atoms with Crippen LogP contribution >= 0.6 is 11.6 Å². The minimum atomic E-state index is 0.710. The fourth-order valence-corrected chi connectivity index (χ4v) is 1.91. The van der Waals surface area contributed by atoms with E-state index in [9.17, 15) is 0 Å². The fraction of sp³-hybridized carbons (Fsp3) is 0.235. The standard InChI is InChI=1S/C17H18ClNO/c1-3-10-20-17-7-5-4-6-14(17)12-19-15-9-8-13(2)16(18)11-15/h4-9,11-12H,3,10H2,1-2H3. The third-order valence-corrected chi connectivity index (χ3v) is 3.30. The second-order valence-corrected chi connectivity index (χ2v) is 4.99. The number of nitrogens with zero attached hydrogens (tertiary/aromatic N) is 1. The number of benzene rings is 2. The second kappa shape index (κ2) is 7.11. The lowest BCUT2D eigenvalue weighted by atomic mass is 10.2. The van der Waals surface area contributed by atoms with Crippen LogP contribution in [0.15, 0.2) is 47.5 Å². The van der Waals surface area contributed by atoms with Gasteiger partial charge in [0.15, 0.2) is 0 Å². The maximum atomic E-state index is 6.10. The lowest BCUT2D eigenvalue weighted by Crippen LogP contribution is -1.98. The number of ether oxygens (including phenoxy) is 1. The van der Waals surface area contributed by atoms with Crippen molar-refractivity contribution in [2.24, 2.45) is 4.99 Å². The van der Waals surface area contributed by atoms with Gasteiger partial charge in [-0.2, -0.15) is 0 Å². The summed E-state index contributed by atoms with van der Waals surface area (Å²) in [7, 11) is 0. The summed E-state index contributed by atoms with van der Waals surface area (Å²) in [5.41, 5.74) is 2.86. The van der Waals surface area contributed by atoms with Crippen molar-refractivity contribution in [2.75, 3.05) is 6.61 Å². The molecule has 0 N–H and O–H groups in total. The summed E-state index contributed by atoms with van der Waals surface area (Å²) in [4.78, 5) is 4.46. The Morgan fingerprint density at radius 3 is 2.75 bits per heavy atom. The fourth-order valence-electron chi connectivity index (χ4n) is 1.74. The first-order valence-corrected chi connectivity index (χ1v) is 7.10. The molecule has 104 valence electrons. The lowest BCUT2D eigenvalue weighted by Gasteiger charge is -2.07. The molecule has 0 heterocycles. The van der Waals surface area contributed by atoms with E-state index in [1.807, 2.05) is 55.6 Å². The van der Waals surface area contributed by atoms with Crippen LogP contribution in [0.3, 0.4) is 0 Å². The van der Waals surface area contributed by atoms with E-state index < -0.39 is 0 Å². The van der Waals surface area contributed by atoms with Crippen LogP contribution in [0.5, 0.6) is 5.75 Å². The predicted octanol–water partition coefficient (Wildman–Crippen LogP) is 5.19. The highest BCUT2D eigenvalue weighted by Gasteiger charge is 2.00. The van der Waals surface area contributed by atoms with E-state index in [4.69, 9.17) is 16.3 Å². The Balaban J connectivity index is 2.20. The number of hydrogen-bond acceptors (Lipinski definition) is 2. The van der Waals surface area contributed by atoms with Crippen molar-refractivity contribution in [3.63, 3.8) is 0 Å². The van der Waals surface area contributed by atoms with Gasteiger partial charge in [-0.05, 0) is 43.2 Å². The van der Waals surface area contributed by atoms with E-state index in [1.165, 1.54) is 0 Å². The summed E-state index contributed by atoms with van der Waals surface area (Å²) in [5.74, 6) is 0.858. The van der Waals surface area contributed by atoms with Crippen molar-refractivity contribution in [2.45, 2.75) is 20.3 Å². The summed E-state index contributed by atoms with van der Waals surface area (Å²) in [6, 6.07) is 13.7. The Morgan fingerprint density at radius 1 is 1.20 bits per heavy atom. The van der Waals surface area contributed by atoms with Crippen LogP contribution in [0, 0.1) is 6.92 Å². The van der Waals surface area contributed by atoms with Crippen LogP contribution in [-0.2, 0) is 0 Å². The molecule has 2 aromatic carbocycles. The van der Waals surface area contributed by atoms with E-state index in [-0.39, 0.29) is 0 Å². The lowest BCUT2D eigenvalue weighted by molar-refractivity contribution is 0.317. The second-order valence-electron chi connectivity index (χ2n) is 4.58. The van der Waals surface area contributed by atoms with Gasteiger partial charge >= 0.3 is 0 Å². The molecule has 20 heavy (non-hydrogen) atoms. The van der Waals surface area contributed by atoms with Crippen LogP contribution in [-0.4, -0.2) is 12.8 Å². The zero-order valence-corrected chi connectivity index (χ0v) is 12.5. The number of halogens is 1. The van der Waals surface area contributed by atoms with Crippen LogP contribution in [0.25, 0.3) is 0 Å². The molecule has 0 atom stereocenters. The van der Waals surface area contributed by atoms with Crippen molar-refractivity contribution in [1.82, 2.24) is 0 Å². The van der Waals surface area contributed by atoms with Crippen molar-refractivity contribution in [3.8, 4) is 5.75 Å². The van der Waals surface area contributed by atoms with Crippen molar-refractivity contribution >= 4 is 23.5 Å². The van der Waals surface area contributed by atoms with Gasteiger partial charge in [-0.25, -0.2) is 0 Å². The highest BCUT2D eigenvalue weighted by molar-refractivity contribution is 6.31. The third-order valence-electron chi connectivity index (χ3n) is 2.89. The zero-order chi connectivity index (χ0) is 14.4. The van der Waals surface area contributed by atoms with Gasteiger partial charge in [0.2, 0.25) is 0 Å². The van der Waals surface area contributed by atoms with Crippen molar-refractivity contribution < 1.29 is 4.74 Å². The van der Waals surface area contributed by atoms with E-state index >= 15 is 0 Å². The van der Waals surface area contributed by atoms with Gasteiger partial charge in [-0.1, -0.05) is 36.7 Å². The van der Waals surface area contributed by atoms with E-state index in [0.29, 0.717) is 6.61 Å². The van der Waals surface area contributed by atoms with Crippen LogP contribution in [0.2, 0.25) is 5.02 Å². The first-order chi connectivity index (χ1) is 9.70. The summed E-state index contributed by atoms with van der Waals surface area (Å²) in [6.45, 7) is 4.77. The molecule has 0 aliphatic rings. The van der Waals surface area contributed by atoms with Gasteiger partial charge in [-0.3, -0.25) is 4.99 Å². The highest BCUT2D eigenvalue weighted by atomic mass is 35.5. The quantitative estimate of drug-likeness (QED) is 0.694. The van der Waals surface area contributed by atoms with Crippen LogP contribution in [0.4, 0.5) is 5.69 Å². The molecule has 0 spiro atoms. The molecule has 0 unspecified atom stereocenters. The minimum Gasteiger partial charge on any atom is -0.493 e. The maximum absolute atomic E-state index is 6.10. The number of aliphatic imine (C=N–C) groups is 1. The monoisotopic (exact) mass is 287 g/mol. The van der Waals surface area contributed by atoms with Gasteiger partial charge in [0.25, 0.3) is 0 Å². The molecule has 3 heteroatoms. The molecule has 0 aliphatic carbocycles. The Labute approximate surface area is 125 Å². The number of para-hydroxylation sites is 1. The normalized spacial score (nSPS) is 10.9. The number of hydrogen-bond donors (Lipinski definition) is 0. The summed E-state index contributed by atoms with van der Waals surface area (Å²) in [5, 5.41) is 0.732. The summed E-state index contributed by atoms with van der Waals surface area (Å²) in [6.07, 6.45) is 2.80. The van der Waals surface area contributed by atoms with E-state index in [2.05, 4.69) is 11.9 Å². The average molecular weight is 288 g/mol. The molecule has 2 rings (SSSR count). The Bertz CT molecular complexity index is 608. The van der Waals surface area contributed by atoms with Gasteiger partial charge in [0, 0.05) is 16.8 Å². The molecule has 0 fully saturated rings. The smallest absolute Gasteiger partial charge is 0.128 e. The number of rotatable bonds is 5. The SMILES string of the molecule is CCCOc1ccccc1C=Nc1ccc(C)c(Cl)c1. The Morgan fingerprint density at radius 2 is 2.00 bits per heavy atom. The molecule has 0 aromatic heterocycles. The molecular weight excluding hydrogens is 270 g/mol.